The number of methoxy groups -OCH3 is 1. The molecule has 1 amide bonds. The molecule has 2 saturated heterocycles. The molecule has 6 nitrogen and oxygen atoms in total. The molecule has 2 atom stereocenters. The molecule has 0 spiro atoms. The number of ether oxygens (including phenoxy) is 1. The van der Waals surface area contributed by atoms with E-state index in [0.717, 1.165) is 45.3 Å². The van der Waals surface area contributed by atoms with Crippen molar-refractivity contribution < 1.29 is 19.4 Å². The zero-order valence-corrected chi connectivity index (χ0v) is 12.0. The van der Waals surface area contributed by atoms with Crippen molar-refractivity contribution in [3.8, 4) is 0 Å². The third kappa shape index (κ3) is 3.93. The van der Waals surface area contributed by atoms with Crippen LogP contribution in [0.3, 0.4) is 0 Å². The maximum Gasteiger partial charge on any atom is 0.303 e. The number of carboxylic acids is 1. The van der Waals surface area contributed by atoms with Gasteiger partial charge < -0.3 is 20.1 Å². The fourth-order valence-corrected chi connectivity index (χ4v) is 3.06. The Hall–Kier alpha value is -1.14. The van der Waals surface area contributed by atoms with Crippen molar-refractivity contribution in [1.29, 1.82) is 0 Å². The molecule has 0 bridgehead atoms. The molecule has 0 aromatic carbocycles. The second kappa shape index (κ2) is 7.04. The first-order chi connectivity index (χ1) is 9.60. The summed E-state index contributed by atoms with van der Waals surface area (Å²) in [7, 11) is 1.67. The average molecular weight is 284 g/mol. The molecule has 20 heavy (non-hydrogen) atoms. The van der Waals surface area contributed by atoms with E-state index in [1.54, 1.807) is 7.11 Å². The Morgan fingerprint density at radius 3 is 2.60 bits per heavy atom. The summed E-state index contributed by atoms with van der Waals surface area (Å²) in [4.78, 5) is 24.8. The highest BCUT2D eigenvalue weighted by Gasteiger charge is 2.33. The van der Waals surface area contributed by atoms with Gasteiger partial charge in [-0.05, 0) is 31.6 Å². The smallest absolute Gasteiger partial charge is 0.303 e. The minimum Gasteiger partial charge on any atom is -0.481 e. The summed E-state index contributed by atoms with van der Waals surface area (Å²) in [6.07, 6.45) is 3.67. The van der Waals surface area contributed by atoms with Gasteiger partial charge >= 0.3 is 5.97 Å². The quantitative estimate of drug-likeness (QED) is 0.767. The van der Waals surface area contributed by atoms with E-state index in [1.807, 2.05) is 4.90 Å². The zero-order valence-electron chi connectivity index (χ0n) is 12.0. The Kier molecular flexibility index (Phi) is 5.37. The first kappa shape index (κ1) is 15.3. The first-order valence-corrected chi connectivity index (χ1v) is 7.37. The zero-order chi connectivity index (χ0) is 14.5. The molecule has 0 saturated carbocycles. The second-order valence-electron chi connectivity index (χ2n) is 5.76. The molecule has 2 N–H and O–H groups in total. The molecule has 2 aliphatic heterocycles. The van der Waals surface area contributed by atoms with E-state index in [9.17, 15) is 9.59 Å². The van der Waals surface area contributed by atoms with E-state index in [4.69, 9.17) is 9.84 Å². The normalized spacial score (nSPS) is 27.8. The van der Waals surface area contributed by atoms with Gasteiger partial charge in [0.25, 0.3) is 0 Å². The average Bonchev–Trinajstić information content (AvgIpc) is 2.94. The van der Waals surface area contributed by atoms with Crippen molar-refractivity contribution in [1.82, 2.24) is 10.2 Å². The van der Waals surface area contributed by atoms with Crippen LogP contribution in [0.5, 0.6) is 0 Å². The van der Waals surface area contributed by atoms with E-state index >= 15 is 0 Å². The van der Waals surface area contributed by atoms with Gasteiger partial charge in [-0.15, -0.1) is 0 Å². The molecule has 0 radical (unpaired) electrons. The number of carbonyl (C=O) groups excluding carboxylic acids is 1. The number of aliphatic carboxylic acids is 1. The molecule has 2 unspecified atom stereocenters. The largest absolute Gasteiger partial charge is 0.481 e. The molecule has 0 aromatic rings. The number of piperidine rings is 1. The Morgan fingerprint density at radius 2 is 2.05 bits per heavy atom. The predicted molar refractivity (Wildman–Crippen MR) is 73.4 cm³/mol. The predicted octanol–water partition coefficient (Wildman–Crippen LogP) is 0.467. The summed E-state index contributed by atoms with van der Waals surface area (Å²) in [5, 5.41) is 11.9. The Labute approximate surface area is 119 Å². The van der Waals surface area contributed by atoms with E-state index in [-0.39, 0.29) is 24.5 Å². The highest BCUT2D eigenvalue weighted by molar-refractivity contribution is 5.82. The van der Waals surface area contributed by atoms with Gasteiger partial charge in [-0.25, -0.2) is 0 Å². The number of nitrogens with zero attached hydrogens (tertiary/aromatic N) is 1. The molecule has 114 valence electrons. The SMILES string of the molecule is COC1CNC(C(=O)N2CCC(CCC(=O)O)CC2)C1. The molecule has 0 aliphatic carbocycles. The summed E-state index contributed by atoms with van der Waals surface area (Å²) in [6.45, 7) is 2.24. The molecule has 2 aliphatic rings. The number of nitrogens with one attached hydrogen (secondary N) is 1. The van der Waals surface area contributed by atoms with Crippen molar-refractivity contribution >= 4 is 11.9 Å². The number of carboxylic acid groups (broad SMARTS) is 1. The summed E-state index contributed by atoms with van der Waals surface area (Å²) >= 11 is 0. The molecule has 6 heteroatoms. The number of likely N-dealkylation sites (tertiary alicyclic amines) is 1. The standard InChI is InChI=1S/C14H24N2O4/c1-20-11-8-12(15-9-11)14(19)16-6-4-10(5-7-16)2-3-13(17)18/h10-12,15H,2-9H2,1H3,(H,17,18). The highest BCUT2D eigenvalue weighted by Crippen LogP contribution is 2.23. The van der Waals surface area contributed by atoms with Gasteiger partial charge in [0.2, 0.25) is 5.91 Å². The summed E-state index contributed by atoms with van der Waals surface area (Å²) < 4.78 is 5.26. The lowest BCUT2D eigenvalue weighted by Crippen LogP contribution is -2.47. The Morgan fingerprint density at radius 1 is 1.35 bits per heavy atom. The minimum absolute atomic E-state index is 0.115. The third-order valence-corrected chi connectivity index (χ3v) is 4.41. The molecule has 2 fully saturated rings. The molecular formula is C14H24N2O4. The van der Waals surface area contributed by atoms with Gasteiger partial charge in [0.05, 0.1) is 12.1 Å². The van der Waals surface area contributed by atoms with Gasteiger partial charge in [0.1, 0.15) is 0 Å². The van der Waals surface area contributed by atoms with E-state index in [1.165, 1.54) is 0 Å². The lowest BCUT2D eigenvalue weighted by molar-refractivity contribution is -0.138. The van der Waals surface area contributed by atoms with Crippen molar-refractivity contribution in [3.05, 3.63) is 0 Å². The van der Waals surface area contributed by atoms with E-state index in [0.29, 0.717) is 5.92 Å². The number of rotatable bonds is 5. The topological polar surface area (TPSA) is 78.9 Å². The van der Waals surface area contributed by atoms with Crippen LogP contribution in [0.25, 0.3) is 0 Å². The number of amides is 1. The lowest BCUT2D eigenvalue weighted by Gasteiger charge is -2.33. The summed E-state index contributed by atoms with van der Waals surface area (Å²) in [5.41, 5.74) is 0. The van der Waals surface area contributed by atoms with Crippen molar-refractivity contribution in [2.45, 2.75) is 44.2 Å². The van der Waals surface area contributed by atoms with Crippen molar-refractivity contribution in [3.63, 3.8) is 0 Å². The van der Waals surface area contributed by atoms with Gasteiger partial charge in [-0.2, -0.15) is 0 Å². The minimum atomic E-state index is -0.732. The lowest BCUT2D eigenvalue weighted by atomic mass is 9.92. The molecule has 0 aromatic heterocycles. The van der Waals surface area contributed by atoms with Crippen LogP contribution in [0.2, 0.25) is 0 Å². The number of carbonyl (C=O) groups is 2. The highest BCUT2D eigenvalue weighted by atomic mass is 16.5. The van der Waals surface area contributed by atoms with Crippen LogP contribution in [-0.4, -0.2) is 60.8 Å². The van der Waals surface area contributed by atoms with Gasteiger partial charge in [-0.3, -0.25) is 9.59 Å². The monoisotopic (exact) mass is 284 g/mol. The van der Waals surface area contributed by atoms with Crippen molar-refractivity contribution in [2.75, 3.05) is 26.7 Å². The first-order valence-electron chi connectivity index (χ1n) is 7.37. The number of hydrogen-bond acceptors (Lipinski definition) is 4. The van der Waals surface area contributed by atoms with Crippen LogP contribution in [0.4, 0.5) is 0 Å². The van der Waals surface area contributed by atoms with Crippen LogP contribution < -0.4 is 5.32 Å². The molecule has 2 rings (SSSR count). The van der Waals surface area contributed by atoms with Gasteiger partial charge in [-0.1, -0.05) is 0 Å². The van der Waals surface area contributed by atoms with Gasteiger partial charge in [0, 0.05) is 33.2 Å². The van der Waals surface area contributed by atoms with Crippen LogP contribution in [0.1, 0.15) is 32.1 Å². The molecular weight excluding hydrogens is 260 g/mol. The van der Waals surface area contributed by atoms with Crippen LogP contribution >= 0.6 is 0 Å². The summed E-state index contributed by atoms with van der Waals surface area (Å²) in [6, 6.07) is -0.115. The van der Waals surface area contributed by atoms with E-state index < -0.39 is 5.97 Å². The van der Waals surface area contributed by atoms with Crippen LogP contribution in [0.15, 0.2) is 0 Å². The second-order valence-corrected chi connectivity index (χ2v) is 5.76. The molecule has 2 heterocycles. The van der Waals surface area contributed by atoms with Crippen molar-refractivity contribution in [2.24, 2.45) is 5.92 Å². The Bertz CT molecular complexity index is 353. The fourth-order valence-electron chi connectivity index (χ4n) is 3.06. The van der Waals surface area contributed by atoms with E-state index in [2.05, 4.69) is 5.32 Å². The Balaban J connectivity index is 1.73. The maximum atomic E-state index is 12.3. The number of hydrogen-bond donors (Lipinski definition) is 2. The maximum absolute atomic E-state index is 12.3. The van der Waals surface area contributed by atoms with Crippen LogP contribution in [0, 0.1) is 5.92 Å². The third-order valence-electron chi connectivity index (χ3n) is 4.41. The van der Waals surface area contributed by atoms with Gasteiger partial charge in [0.15, 0.2) is 0 Å². The van der Waals surface area contributed by atoms with Crippen LogP contribution in [-0.2, 0) is 14.3 Å². The summed E-state index contributed by atoms with van der Waals surface area (Å²) in [5.74, 6) is -0.121. The fraction of sp³-hybridized carbons (Fsp3) is 0.857.